The van der Waals surface area contributed by atoms with E-state index in [1.165, 1.54) is 57.3 Å². The fourth-order valence-electron chi connectivity index (χ4n) is 3.36. The molecule has 1 heterocycles. The molecule has 3 rings (SSSR count). The lowest BCUT2D eigenvalue weighted by Crippen LogP contribution is -2.30. The molecular weight excluding hydrogens is 322 g/mol. The lowest BCUT2D eigenvalue weighted by Gasteiger charge is -2.26. The highest BCUT2D eigenvalue weighted by atomic mass is 16.5. The second-order valence-electron chi connectivity index (χ2n) is 7.06. The number of piperidine rings is 1. The lowest BCUT2D eigenvalue weighted by atomic mass is 10.1. The van der Waals surface area contributed by atoms with E-state index >= 15 is 0 Å². The van der Waals surface area contributed by atoms with E-state index in [0.717, 1.165) is 24.5 Å². The minimum absolute atomic E-state index is 0.595. The van der Waals surface area contributed by atoms with Crippen LogP contribution < -0.4 is 9.47 Å². The van der Waals surface area contributed by atoms with Gasteiger partial charge >= 0.3 is 0 Å². The minimum atomic E-state index is 0.595. The second kappa shape index (κ2) is 10.9. The van der Waals surface area contributed by atoms with Crippen molar-refractivity contribution in [3.8, 4) is 11.5 Å². The van der Waals surface area contributed by atoms with Gasteiger partial charge < -0.3 is 14.4 Å². The van der Waals surface area contributed by atoms with Gasteiger partial charge in [0.15, 0.2) is 0 Å². The van der Waals surface area contributed by atoms with Crippen molar-refractivity contribution in [1.82, 2.24) is 4.90 Å². The van der Waals surface area contributed by atoms with E-state index in [9.17, 15) is 0 Å². The number of hydrogen-bond acceptors (Lipinski definition) is 3. The number of rotatable bonds is 10. The summed E-state index contributed by atoms with van der Waals surface area (Å²) in [5.41, 5.74) is 1.18. The number of benzene rings is 2. The van der Waals surface area contributed by atoms with Crippen molar-refractivity contribution in [3.05, 3.63) is 60.2 Å². The largest absolute Gasteiger partial charge is 0.494 e. The fraction of sp³-hybridized carbons (Fsp3) is 0.478. The Morgan fingerprint density at radius 3 is 2.12 bits per heavy atom. The van der Waals surface area contributed by atoms with Crippen molar-refractivity contribution in [2.24, 2.45) is 0 Å². The van der Waals surface area contributed by atoms with Gasteiger partial charge in [0, 0.05) is 0 Å². The van der Waals surface area contributed by atoms with Crippen LogP contribution in [-0.4, -0.2) is 31.1 Å². The monoisotopic (exact) mass is 353 g/mol. The molecule has 0 bridgehead atoms. The molecule has 0 N–H and O–H groups in total. The zero-order valence-electron chi connectivity index (χ0n) is 15.7. The summed E-state index contributed by atoms with van der Waals surface area (Å²) in [5.74, 6) is 1.80. The van der Waals surface area contributed by atoms with Crippen LogP contribution >= 0.6 is 0 Å². The van der Waals surface area contributed by atoms with Crippen molar-refractivity contribution in [3.63, 3.8) is 0 Å². The first-order valence-electron chi connectivity index (χ1n) is 10.0. The van der Waals surface area contributed by atoms with Gasteiger partial charge in [-0.1, -0.05) is 36.8 Å². The summed E-state index contributed by atoms with van der Waals surface area (Å²) >= 11 is 0. The average molecular weight is 354 g/mol. The predicted octanol–water partition coefficient (Wildman–Crippen LogP) is 5.30. The van der Waals surface area contributed by atoms with Crippen LogP contribution in [0.5, 0.6) is 11.5 Å². The number of unbranched alkanes of at least 4 members (excludes halogenated alkanes) is 2. The van der Waals surface area contributed by atoms with E-state index in [4.69, 9.17) is 9.47 Å². The Hall–Kier alpha value is -2.00. The van der Waals surface area contributed by atoms with Gasteiger partial charge in [-0.05, 0) is 81.6 Å². The predicted molar refractivity (Wildman–Crippen MR) is 107 cm³/mol. The topological polar surface area (TPSA) is 21.7 Å². The van der Waals surface area contributed by atoms with Gasteiger partial charge in [-0.3, -0.25) is 0 Å². The molecule has 0 radical (unpaired) electrons. The fourth-order valence-corrected chi connectivity index (χ4v) is 3.36. The number of ether oxygens (including phenoxy) is 2. The molecule has 2 aromatic carbocycles. The molecule has 0 aliphatic carbocycles. The van der Waals surface area contributed by atoms with Crippen LogP contribution in [0.4, 0.5) is 0 Å². The summed E-state index contributed by atoms with van der Waals surface area (Å²) in [5, 5.41) is 0. The van der Waals surface area contributed by atoms with Crippen LogP contribution in [0.15, 0.2) is 54.6 Å². The normalized spacial score (nSPS) is 14.9. The van der Waals surface area contributed by atoms with Crippen LogP contribution in [0.3, 0.4) is 0 Å². The molecule has 1 aliphatic rings. The van der Waals surface area contributed by atoms with Crippen LogP contribution in [0.2, 0.25) is 0 Å². The third-order valence-corrected chi connectivity index (χ3v) is 4.91. The van der Waals surface area contributed by atoms with Crippen LogP contribution in [0.25, 0.3) is 0 Å². The Kier molecular flexibility index (Phi) is 7.85. The molecule has 1 fully saturated rings. The molecule has 0 aromatic heterocycles. The first-order valence-corrected chi connectivity index (χ1v) is 10.0. The van der Waals surface area contributed by atoms with Gasteiger partial charge in [-0.15, -0.1) is 0 Å². The first kappa shape index (κ1) is 18.8. The van der Waals surface area contributed by atoms with Crippen LogP contribution in [0.1, 0.15) is 44.1 Å². The molecule has 1 saturated heterocycles. The summed E-state index contributed by atoms with van der Waals surface area (Å²) in [4.78, 5) is 2.61. The smallest absolute Gasteiger partial charge is 0.120 e. The standard InChI is InChI=1S/C23H31NO2/c1-4-10-21(11-5-1)20-26-23-14-12-22(13-15-23)25-19-9-3-8-18-24-16-6-2-7-17-24/h1,4-5,10-15H,2-3,6-9,16-20H2. The summed E-state index contributed by atoms with van der Waals surface area (Å²) < 4.78 is 11.6. The Morgan fingerprint density at radius 2 is 1.38 bits per heavy atom. The molecule has 0 saturated carbocycles. The highest BCUT2D eigenvalue weighted by Crippen LogP contribution is 2.19. The van der Waals surface area contributed by atoms with E-state index in [1.54, 1.807) is 0 Å². The Morgan fingerprint density at radius 1 is 0.692 bits per heavy atom. The van der Waals surface area contributed by atoms with Gasteiger partial charge in [0.05, 0.1) is 6.61 Å². The van der Waals surface area contributed by atoms with Gasteiger partial charge in [-0.25, -0.2) is 0 Å². The molecule has 26 heavy (non-hydrogen) atoms. The summed E-state index contributed by atoms with van der Waals surface area (Å²) in [6.45, 7) is 5.25. The zero-order chi connectivity index (χ0) is 17.9. The Labute approximate surface area is 157 Å². The summed E-state index contributed by atoms with van der Waals surface area (Å²) in [6, 6.07) is 18.2. The quantitative estimate of drug-likeness (QED) is 0.541. The molecule has 0 atom stereocenters. The minimum Gasteiger partial charge on any atom is -0.494 e. The van der Waals surface area contributed by atoms with Gasteiger partial charge in [-0.2, -0.15) is 0 Å². The van der Waals surface area contributed by atoms with Gasteiger partial charge in [0.2, 0.25) is 0 Å². The summed E-state index contributed by atoms with van der Waals surface area (Å²) in [7, 11) is 0. The number of nitrogens with zero attached hydrogens (tertiary/aromatic N) is 1. The molecular formula is C23H31NO2. The van der Waals surface area contributed by atoms with Crippen LogP contribution in [-0.2, 0) is 6.61 Å². The molecule has 0 unspecified atom stereocenters. The Balaban J connectivity index is 1.27. The van der Waals surface area contributed by atoms with Crippen LogP contribution in [0, 0.1) is 0 Å². The maximum absolute atomic E-state index is 5.85. The first-order chi connectivity index (χ1) is 12.9. The average Bonchev–Trinajstić information content (AvgIpc) is 2.71. The maximum Gasteiger partial charge on any atom is 0.120 e. The van der Waals surface area contributed by atoms with Gasteiger partial charge in [0.1, 0.15) is 18.1 Å². The molecule has 2 aromatic rings. The number of hydrogen-bond donors (Lipinski definition) is 0. The zero-order valence-corrected chi connectivity index (χ0v) is 15.7. The van der Waals surface area contributed by atoms with E-state index in [0.29, 0.717) is 6.61 Å². The lowest BCUT2D eigenvalue weighted by molar-refractivity contribution is 0.221. The highest BCUT2D eigenvalue weighted by molar-refractivity contribution is 5.31. The van der Waals surface area contributed by atoms with Crippen molar-refractivity contribution in [2.75, 3.05) is 26.2 Å². The van der Waals surface area contributed by atoms with Gasteiger partial charge in [0.25, 0.3) is 0 Å². The van der Waals surface area contributed by atoms with Crippen molar-refractivity contribution >= 4 is 0 Å². The Bertz CT molecular complexity index is 606. The molecule has 3 heteroatoms. The third-order valence-electron chi connectivity index (χ3n) is 4.91. The molecule has 140 valence electrons. The third kappa shape index (κ3) is 6.72. The van der Waals surface area contributed by atoms with E-state index in [-0.39, 0.29) is 0 Å². The highest BCUT2D eigenvalue weighted by Gasteiger charge is 2.08. The van der Waals surface area contributed by atoms with Crippen molar-refractivity contribution < 1.29 is 9.47 Å². The number of likely N-dealkylation sites (tertiary alicyclic amines) is 1. The second-order valence-corrected chi connectivity index (χ2v) is 7.06. The van der Waals surface area contributed by atoms with E-state index < -0.39 is 0 Å². The molecule has 3 nitrogen and oxygen atoms in total. The summed E-state index contributed by atoms with van der Waals surface area (Å²) in [6.07, 6.45) is 7.84. The maximum atomic E-state index is 5.85. The molecule has 0 spiro atoms. The van der Waals surface area contributed by atoms with E-state index in [1.807, 2.05) is 42.5 Å². The van der Waals surface area contributed by atoms with Crippen molar-refractivity contribution in [2.45, 2.75) is 45.1 Å². The molecule has 0 amide bonds. The molecule has 1 aliphatic heterocycles. The SMILES string of the molecule is c1ccc(COc2ccc(OCCCCCN3CCCCC3)cc2)cc1. The van der Waals surface area contributed by atoms with Crippen molar-refractivity contribution in [1.29, 1.82) is 0 Å². The van der Waals surface area contributed by atoms with E-state index in [2.05, 4.69) is 17.0 Å².